The van der Waals surface area contributed by atoms with Crippen molar-refractivity contribution in [3.8, 4) is 11.5 Å². The molecule has 0 radical (unpaired) electrons. The van der Waals surface area contributed by atoms with Gasteiger partial charge in [0.25, 0.3) is 5.91 Å². The third-order valence-electron chi connectivity index (χ3n) is 4.19. The molecule has 0 aromatic heterocycles. The maximum atomic E-state index is 13.6. The van der Waals surface area contributed by atoms with Gasteiger partial charge in [0.05, 0.1) is 11.7 Å². The normalized spacial score (nSPS) is 15.4. The van der Waals surface area contributed by atoms with Crippen molar-refractivity contribution in [3.63, 3.8) is 0 Å². The third kappa shape index (κ3) is 4.90. The summed E-state index contributed by atoms with van der Waals surface area (Å²) in [6.07, 6.45) is -0.760. The quantitative estimate of drug-likeness (QED) is 0.728. The van der Waals surface area contributed by atoms with E-state index in [1.165, 1.54) is 11.6 Å². The fourth-order valence-electron chi connectivity index (χ4n) is 2.64. The number of amides is 1. The van der Waals surface area contributed by atoms with E-state index in [2.05, 4.69) is 5.32 Å². The molecule has 0 saturated carbocycles. The van der Waals surface area contributed by atoms with E-state index in [1.807, 2.05) is 41.7 Å². The summed E-state index contributed by atoms with van der Waals surface area (Å²) in [4.78, 5) is 12.4. The van der Waals surface area contributed by atoms with Gasteiger partial charge in [0, 0.05) is 17.2 Å². The molecule has 7 heteroatoms. The van der Waals surface area contributed by atoms with Crippen LogP contribution in [-0.4, -0.2) is 30.6 Å². The molecule has 1 amide bonds. The van der Waals surface area contributed by atoms with Crippen molar-refractivity contribution < 1.29 is 18.7 Å². The maximum Gasteiger partial charge on any atom is 0.265 e. The first-order valence-electron chi connectivity index (χ1n) is 8.62. The lowest BCUT2D eigenvalue weighted by atomic mass is 10.2. The van der Waals surface area contributed by atoms with Crippen LogP contribution in [0.1, 0.15) is 22.6 Å². The van der Waals surface area contributed by atoms with Crippen LogP contribution in [0, 0.1) is 12.7 Å². The lowest BCUT2D eigenvalue weighted by molar-refractivity contribution is -0.122. The van der Waals surface area contributed by atoms with Gasteiger partial charge in [-0.3, -0.25) is 4.79 Å². The number of thioether (sulfide) groups is 2. The van der Waals surface area contributed by atoms with Gasteiger partial charge in [0.15, 0.2) is 17.6 Å². The van der Waals surface area contributed by atoms with E-state index in [0.717, 1.165) is 11.5 Å². The van der Waals surface area contributed by atoms with Crippen molar-refractivity contribution in [2.45, 2.75) is 24.5 Å². The highest BCUT2D eigenvalue weighted by atomic mass is 32.2. The zero-order valence-electron chi connectivity index (χ0n) is 15.5. The van der Waals surface area contributed by atoms with Gasteiger partial charge in [-0.05, 0) is 49.2 Å². The molecule has 0 aliphatic carbocycles. The molecule has 144 valence electrons. The Kier molecular flexibility index (Phi) is 6.55. The van der Waals surface area contributed by atoms with Crippen LogP contribution >= 0.6 is 23.5 Å². The summed E-state index contributed by atoms with van der Waals surface area (Å²) in [6, 6.07) is 10.4. The van der Waals surface area contributed by atoms with Gasteiger partial charge in [-0.15, -0.1) is 23.5 Å². The van der Waals surface area contributed by atoms with Crippen LogP contribution in [0.15, 0.2) is 36.4 Å². The van der Waals surface area contributed by atoms with Crippen molar-refractivity contribution in [2.24, 2.45) is 0 Å². The third-order valence-corrected chi connectivity index (χ3v) is 7.30. The van der Waals surface area contributed by atoms with Crippen LogP contribution in [0.3, 0.4) is 0 Å². The van der Waals surface area contributed by atoms with Crippen molar-refractivity contribution in [1.29, 1.82) is 0 Å². The summed E-state index contributed by atoms with van der Waals surface area (Å²) in [6.45, 7) is 3.32. The van der Waals surface area contributed by atoms with Crippen LogP contribution < -0.4 is 14.8 Å². The molecule has 1 unspecified atom stereocenters. The number of ether oxygens (including phenoxy) is 2. The molecule has 1 N–H and O–H groups in total. The summed E-state index contributed by atoms with van der Waals surface area (Å²) in [5.74, 6) is 2.68. The van der Waals surface area contributed by atoms with E-state index in [-0.39, 0.29) is 11.7 Å². The molecule has 4 nitrogen and oxygen atoms in total. The second-order valence-electron chi connectivity index (χ2n) is 6.20. The Morgan fingerprint density at radius 1 is 1.19 bits per heavy atom. The molecule has 1 atom stereocenters. The monoisotopic (exact) mass is 407 g/mol. The topological polar surface area (TPSA) is 47.6 Å². The van der Waals surface area contributed by atoms with Crippen LogP contribution in [0.5, 0.6) is 11.5 Å². The van der Waals surface area contributed by atoms with E-state index in [1.54, 1.807) is 33.1 Å². The number of methoxy groups -OCH3 is 1. The largest absolute Gasteiger partial charge is 0.493 e. The molecule has 0 spiro atoms. The van der Waals surface area contributed by atoms with Gasteiger partial charge in [-0.25, -0.2) is 4.39 Å². The predicted octanol–water partition coefficient (Wildman–Crippen LogP) is 5.03. The number of aryl methyl sites for hydroxylation is 1. The van der Waals surface area contributed by atoms with E-state index in [9.17, 15) is 9.18 Å². The zero-order chi connectivity index (χ0) is 19.4. The first-order valence-corrected chi connectivity index (χ1v) is 10.7. The lowest BCUT2D eigenvalue weighted by Crippen LogP contribution is -2.30. The Labute approximate surface area is 167 Å². The summed E-state index contributed by atoms with van der Waals surface area (Å²) >= 11 is 3.83. The number of benzene rings is 2. The highest BCUT2D eigenvalue weighted by Gasteiger charge is 2.22. The molecule has 2 aromatic carbocycles. The van der Waals surface area contributed by atoms with Crippen LogP contribution in [-0.2, 0) is 4.79 Å². The molecule has 1 heterocycles. The van der Waals surface area contributed by atoms with Gasteiger partial charge in [-0.1, -0.05) is 12.1 Å². The average Bonchev–Trinajstić information content (AvgIpc) is 3.19. The Hall–Kier alpha value is -1.86. The van der Waals surface area contributed by atoms with Crippen molar-refractivity contribution in [1.82, 2.24) is 0 Å². The Morgan fingerprint density at radius 2 is 1.93 bits per heavy atom. The molecule has 3 rings (SSSR count). The second-order valence-corrected chi connectivity index (χ2v) is 8.92. The van der Waals surface area contributed by atoms with Gasteiger partial charge in [-0.2, -0.15) is 0 Å². The molecule has 2 aromatic rings. The number of nitrogens with one attached hydrogen (secondary N) is 1. The molecule has 1 aliphatic heterocycles. The van der Waals surface area contributed by atoms with Crippen molar-refractivity contribution in [3.05, 3.63) is 53.3 Å². The van der Waals surface area contributed by atoms with E-state index < -0.39 is 6.10 Å². The Bertz CT molecular complexity index is 825. The summed E-state index contributed by atoms with van der Waals surface area (Å²) in [5, 5.41) is 2.67. The van der Waals surface area contributed by atoms with Crippen molar-refractivity contribution >= 4 is 35.1 Å². The average molecular weight is 408 g/mol. The molecule has 1 fully saturated rings. The first-order chi connectivity index (χ1) is 13.0. The smallest absolute Gasteiger partial charge is 0.265 e. The number of hydrogen-bond donors (Lipinski definition) is 1. The second kappa shape index (κ2) is 8.89. The number of carbonyl (C=O) groups is 1. The number of anilines is 1. The first kappa shape index (κ1) is 19.9. The van der Waals surface area contributed by atoms with E-state index >= 15 is 0 Å². The predicted molar refractivity (Wildman–Crippen MR) is 111 cm³/mol. The minimum atomic E-state index is -0.760. The van der Waals surface area contributed by atoms with Crippen molar-refractivity contribution in [2.75, 3.05) is 23.9 Å². The van der Waals surface area contributed by atoms with E-state index in [4.69, 9.17) is 9.47 Å². The molecule has 27 heavy (non-hydrogen) atoms. The molecule has 0 bridgehead atoms. The van der Waals surface area contributed by atoms with Crippen LogP contribution in [0.2, 0.25) is 0 Å². The Balaban J connectivity index is 1.67. The number of carbonyl (C=O) groups excluding carboxylic acids is 1. The van der Waals surface area contributed by atoms with E-state index in [0.29, 0.717) is 27.3 Å². The summed E-state index contributed by atoms with van der Waals surface area (Å²) < 4.78 is 25.3. The molecule has 1 aliphatic rings. The summed E-state index contributed by atoms with van der Waals surface area (Å²) in [5.41, 5.74) is 2.11. The fraction of sp³-hybridized carbons (Fsp3) is 0.350. The highest BCUT2D eigenvalue weighted by Crippen LogP contribution is 2.47. The van der Waals surface area contributed by atoms with Gasteiger partial charge in [0.1, 0.15) is 5.82 Å². The van der Waals surface area contributed by atoms with Crippen LogP contribution in [0.25, 0.3) is 0 Å². The lowest BCUT2D eigenvalue weighted by Gasteiger charge is -2.18. The standard InChI is InChI=1S/C20H22FNO3S2/c1-12-4-6-15(11-16(12)21)22-19(23)13(2)25-17-7-5-14(10-18(17)24-3)20-26-8-9-27-20/h4-7,10-11,13,20H,8-9H2,1-3H3,(H,22,23). The number of hydrogen-bond acceptors (Lipinski definition) is 5. The molecular weight excluding hydrogens is 385 g/mol. The molecule has 1 saturated heterocycles. The SMILES string of the molecule is COc1cc(C2SCCS2)ccc1OC(C)C(=O)Nc1ccc(C)c(F)c1. The Morgan fingerprint density at radius 3 is 2.59 bits per heavy atom. The maximum absolute atomic E-state index is 13.6. The van der Waals surface area contributed by atoms with Gasteiger partial charge < -0.3 is 14.8 Å². The van der Waals surface area contributed by atoms with Gasteiger partial charge in [0.2, 0.25) is 0 Å². The summed E-state index contributed by atoms with van der Waals surface area (Å²) in [7, 11) is 1.58. The molecular formula is C20H22FNO3S2. The zero-order valence-corrected chi connectivity index (χ0v) is 17.1. The minimum absolute atomic E-state index is 0.355. The van der Waals surface area contributed by atoms with Gasteiger partial charge >= 0.3 is 0 Å². The number of halogens is 1. The fourth-order valence-corrected chi connectivity index (χ4v) is 5.48. The number of rotatable bonds is 6. The highest BCUT2D eigenvalue weighted by molar-refractivity contribution is 8.19. The minimum Gasteiger partial charge on any atom is -0.493 e. The van der Waals surface area contributed by atoms with Crippen LogP contribution in [0.4, 0.5) is 10.1 Å².